The minimum Gasteiger partial charge on any atom is -0.366 e. The second kappa shape index (κ2) is 6.48. The van der Waals surface area contributed by atoms with Gasteiger partial charge in [0.25, 0.3) is 0 Å². The molecule has 0 radical (unpaired) electrons. The van der Waals surface area contributed by atoms with Crippen LogP contribution in [-0.4, -0.2) is 21.7 Å². The maximum atomic E-state index is 13.6. The van der Waals surface area contributed by atoms with E-state index in [9.17, 15) is 23.9 Å². The maximum Gasteiger partial charge on any atom is 0.231 e. The van der Waals surface area contributed by atoms with Gasteiger partial charge in [-0.1, -0.05) is 24.3 Å². The number of carbonyl (C=O) groups is 1. The number of carbonyl (C=O) groups excluding carboxylic acids is 1. The van der Waals surface area contributed by atoms with Crippen molar-refractivity contribution in [3.63, 3.8) is 0 Å². The molecule has 1 amide bonds. The number of hydrogen-bond donors (Lipinski definition) is 1. The number of rotatable bonds is 2. The van der Waals surface area contributed by atoms with E-state index in [1.807, 2.05) is 0 Å². The SMILES string of the molecule is N#CC1=C2SCC(O)(c3ccc(F)cc3)N2C(=O)CC1c1cccc(F)c1. The molecule has 2 atom stereocenters. The number of hydrogen-bond acceptors (Lipinski definition) is 4. The van der Waals surface area contributed by atoms with Crippen LogP contribution in [0.3, 0.4) is 0 Å². The predicted molar refractivity (Wildman–Crippen MR) is 96.0 cm³/mol. The van der Waals surface area contributed by atoms with Gasteiger partial charge in [-0.2, -0.15) is 5.26 Å². The Labute approximate surface area is 158 Å². The summed E-state index contributed by atoms with van der Waals surface area (Å²) in [5, 5.41) is 21.3. The third-order valence-corrected chi connectivity index (χ3v) is 6.09. The molecule has 1 fully saturated rings. The fraction of sp³-hybridized carbons (Fsp3) is 0.200. The largest absolute Gasteiger partial charge is 0.366 e. The zero-order chi connectivity index (χ0) is 19.2. The molecule has 2 unspecified atom stereocenters. The summed E-state index contributed by atoms with van der Waals surface area (Å²) in [5.41, 5.74) is -0.408. The van der Waals surface area contributed by atoms with Crippen molar-refractivity contribution in [3.8, 4) is 6.07 Å². The van der Waals surface area contributed by atoms with E-state index in [2.05, 4.69) is 6.07 Å². The van der Waals surface area contributed by atoms with E-state index >= 15 is 0 Å². The highest BCUT2D eigenvalue weighted by Gasteiger charge is 2.51. The Balaban J connectivity index is 1.81. The summed E-state index contributed by atoms with van der Waals surface area (Å²) in [4.78, 5) is 14.1. The zero-order valence-corrected chi connectivity index (χ0v) is 14.8. The maximum absolute atomic E-state index is 13.6. The van der Waals surface area contributed by atoms with Crippen molar-refractivity contribution in [2.45, 2.75) is 18.1 Å². The molecule has 0 saturated carbocycles. The topological polar surface area (TPSA) is 64.3 Å². The van der Waals surface area contributed by atoms with Gasteiger partial charge in [0.05, 0.1) is 22.4 Å². The first-order chi connectivity index (χ1) is 12.9. The number of fused-ring (bicyclic) bond motifs is 1. The molecular weight excluding hydrogens is 370 g/mol. The fourth-order valence-electron chi connectivity index (χ4n) is 3.56. The standard InChI is InChI=1S/C20H14F2N2O2S/c21-14-6-4-13(5-7-14)20(26)11-27-19-17(10-23)16(9-18(25)24(19)20)12-2-1-3-15(22)8-12/h1-8,16,26H,9,11H2. The Morgan fingerprint density at radius 1 is 1.19 bits per heavy atom. The van der Waals surface area contributed by atoms with E-state index < -0.39 is 23.3 Å². The number of thioether (sulfide) groups is 1. The first-order valence-corrected chi connectivity index (χ1v) is 9.26. The molecule has 4 nitrogen and oxygen atoms in total. The highest BCUT2D eigenvalue weighted by atomic mass is 32.2. The van der Waals surface area contributed by atoms with Gasteiger partial charge >= 0.3 is 0 Å². The van der Waals surface area contributed by atoms with Crippen LogP contribution in [0.5, 0.6) is 0 Å². The number of allylic oxidation sites excluding steroid dienone is 1. The van der Waals surface area contributed by atoms with Crippen LogP contribution >= 0.6 is 11.8 Å². The third-order valence-electron chi connectivity index (χ3n) is 4.87. The highest BCUT2D eigenvalue weighted by Crippen LogP contribution is 2.51. The van der Waals surface area contributed by atoms with Crippen molar-refractivity contribution in [3.05, 3.63) is 81.9 Å². The van der Waals surface area contributed by atoms with Gasteiger partial charge in [-0.25, -0.2) is 8.78 Å². The molecule has 0 bridgehead atoms. The lowest BCUT2D eigenvalue weighted by Crippen LogP contribution is -2.48. The van der Waals surface area contributed by atoms with Gasteiger partial charge in [0.2, 0.25) is 5.91 Å². The Morgan fingerprint density at radius 3 is 2.59 bits per heavy atom. The molecule has 2 aliphatic heterocycles. The van der Waals surface area contributed by atoms with E-state index in [4.69, 9.17) is 0 Å². The molecule has 2 aliphatic rings. The summed E-state index contributed by atoms with van der Waals surface area (Å²) >= 11 is 1.20. The van der Waals surface area contributed by atoms with Crippen molar-refractivity contribution in [1.82, 2.24) is 4.90 Å². The van der Waals surface area contributed by atoms with Gasteiger partial charge in [0.1, 0.15) is 11.6 Å². The molecular formula is C20H14F2N2O2S. The molecule has 1 N–H and O–H groups in total. The van der Waals surface area contributed by atoms with E-state index in [-0.39, 0.29) is 18.1 Å². The third kappa shape index (κ3) is 2.82. The molecule has 7 heteroatoms. The van der Waals surface area contributed by atoms with Crippen molar-refractivity contribution < 1.29 is 18.7 Å². The van der Waals surface area contributed by atoms with Gasteiger partial charge in [-0.15, -0.1) is 11.8 Å². The molecule has 0 spiro atoms. The first kappa shape index (κ1) is 17.7. The van der Waals surface area contributed by atoms with Gasteiger partial charge < -0.3 is 5.11 Å². The van der Waals surface area contributed by atoms with Gasteiger partial charge in [0.15, 0.2) is 5.72 Å². The average Bonchev–Trinajstić information content (AvgIpc) is 3.01. The number of benzene rings is 2. The van der Waals surface area contributed by atoms with Crippen LogP contribution in [0.1, 0.15) is 23.5 Å². The second-order valence-corrected chi connectivity index (χ2v) is 7.45. The van der Waals surface area contributed by atoms with Crippen molar-refractivity contribution in [1.29, 1.82) is 5.26 Å². The molecule has 2 heterocycles. The second-order valence-electron chi connectivity index (χ2n) is 6.48. The Bertz CT molecular complexity index is 1000. The van der Waals surface area contributed by atoms with Crippen molar-refractivity contribution >= 4 is 17.7 Å². The molecule has 1 saturated heterocycles. The lowest BCUT2D eigenvalue weighted by atomic mass is 9.85. The fourth-order valence-corrected chi connectivity index (χ4v) is 4.92. The highest BCUT2D eigenvalue weighted by molar-refractivity contribution is 8.03. The van der Waals surface area contributed by atoms with Crippen LogP contribution in [0.4, 0.5) is 8.78 Å². The smallest absolute Gasteiger partial charge is 0.231 e. The van der Waals surface area contributed by atoms with E-state index in [1.165, 1.54) is 59.1 Å². The van der Waals surface area contributed by atoms with Gasteiger partial charge in [0, 0.05) is 17.9 Å². The first-order valence-electron chi connectivity index (χ1n) is 8.28. The lowest BCUT2D eigenvalue weighted by Gasteiger charge is -2.38. The summed E-state index contributed by atoms with van der Waals surface area (Å²) < 4.78 is 26.9. The normalized spacial score (nSPS) is 24.7. The molecule has 136 valence electrons. The molecule has 2 aromatic rings. The molecule has 4 rings (SSSR count). The summed E-state index contributed by atoms with van der Waals surface area (Å²) in [6.07, 6.45) is -0.0556. The number of amides is 1. The van der Waals surface area contributed by atoms with Crippen molar-refractivity contribution in [2.75, 3.05) is 5.75 Å². The van der Waals surface area contributed by atoms with Crippen LogP contribution in [0.2, 0.25) is 0 Å². The summed E-state index contributed by atoms with van der Waals surface area (Å²) in [5.74, 6) is -1.69. The van der Waals surface area contributed by atoms with Gasteiger partial charge in [-0.05, 0) is 29.8 Å². The summed E-state index contributed by atoms with van der Waals surface area (Å²) in [6.45, 7) is 0. The van der Waals surface area contributed by atoms with Crippen molar-refractivity contribution in [2.24, 2.45) is 0 Å². The monoisotopic (exact) mass is 384 g/mol. The zero-order valence-electron chi connectivity index (χ0n) is 14.0. The van der Waals surface area contributed by atoms with Crippen LogP contribution in [-0.2, 0) is 10.5 Å². The number of halogens is 2. The van der Waals surface area contributed by atoms with E-state index in [0.29, 0.717) is 21.7 Å². The average molecular weight is 384 g/mol. The van der Waals surface area contributed by atoms with E-state index in [0.717, 1.165) is 0 Å². The van der Waals surface area contributed by atoms with Crippen LogP contribution in [0, 0.1) is 23.0 Å². The number of aliphatic hydroxyl groups is 1. The predicted octanol–water partition coefficient (Wildman–Crippen LogP) is 3.61. The quantitative estimate of drug-likeness (QED) is 0.859. The molecule has 0 aromatic heterocycles. The lowest BCUT2D eigenvalue weighted by molar-refractivity contribution is -0.149. The van der Waals surface area contributed by atoms with Crippen LogP contribution in [0.25, 0.3) is 0 Å². The van der Waals surface area contributed by atoms with E-state index in [1.54, 1.807) is 6.07 Å². The Hall–Kier alpha value is -2.69. The van der Waals surface area contributed by atoms with Gasteiger partial charge in [-0.3, -0.25) is 9.69 Å². The summed E-state index contributed by atoms with van der Waals surface area (Å²) in [6, 6.07) is 13.3. The Morgan fingerprint density at radius 2 is 1.93 bits per heavy atom. The minimum absolute atomic E-state index is 0.0556. The molecule has 0 aliphatic carbocycles. The number of nitrogens with zero attached hydrogens (tertiary/aromatic N) is 2. The van der Waals surface area contributed by atoms with Crippen LogP contribution in [0.15, 0.2) is 59.1 Å². The molecule has 2 aromatic carbocycles. The summed E-state index contributed by atoms with van der Waals surface area (Å²) in [7, 11) is 0. The minimum atomic E-state index is -1.65. The number of nitriles is 1. The van der Waals surface area contributed by atoms with Crippen LogP contribution < -0.4 is 0 Å². The molecule has 27 heavy (non-hydrogen) atoms. The Kier molecular flexibility index (Phi) is 4.25.